The van der Waals surface area contributed by atoms with E-state index in [0.717, 1.165) is 29.7 Å². The number of carbonyl (C=O) groups excluding carboxylic acids is 1. The van der Waals surface area contributed by atoms with E-state index in [1.54, 1.807) is 6.33 Å². The molecule has 0 spiro atoms. The zero-order chi connectivity index (χ0) is 15.6. The van der Waals surface area contributed by atoms with Gasteiger partial charge in [-0.3, -0.25) is 4.79 Å². The summed E-state index contributed by atoms with van der Waals surface area (Å²) in [7, 11) is 0. The van der Waals surface area contributed by atoms with E-state index in [1.165, 1.54) is 0 Å². The summed E-state index contributed by atoms with van der Waals surface area (Å²) in [4.78, 5) is 22.2. The van der Waals surface area contributed by atoms with Gasteiger partial charge in [0.05, 0.1) is 23.4 Å². The molecule has 4 rings (SSSR count). The topological polar surface area (TPSA) is 61.0 Å². The average molecular weight is 306 g/mol. The molecule has 0 aliphatic carbocycles. The highest BCUT2D eigenvalue weighted by atomic mass is 16.2. The Bertz CT molecular complexity index is 827. The lowest BCUT2D eigenvalue weighted by molar-refractivity contribution is 0.0634. The molecule has 1 aromatic heterocycles. The molecule has 3 aromatic rings. The van der Waals surface area contributed by atoms with Crippen molar-refractivity contribution in [2.45, 2.75) is 6.04 Å². The van der Waals surface area contributed by atoms with Gasteiger partial charge in [-0.15, -0.1) is 0 Å². The SMILES string of the molecule is O=C(c1ccc2nc[nH]c2c1)N1CCNC[C@H]1c1ccccc1. The van der Waals surface area contributed by atoms with Crippen molar-refractivity contribution in [3.05, 3.63) is 66.0 Å². The summed E-state index contributed by atoms with van der Waals surface area (Å²) in [6.45, 7) is 2.31. The lowest BCUT2D eigenvalue weighted by atomic mass is 10.0. The molecule has 5 heteroatoms. The third-order valence-corrected chi connectivity index (χ3v) is 4.36. The van der Waals surface area contributed by atoms with Crippen LogP contribution in [0.15, 0.2) is 54.9 Å². The van der Waals surface area contributed by atoms with Gasteiger partial charge < -0.3 is 15.2 Å². The van der Waals surface area contributed by atoms with E-state index in [1.807, 2.05) is 41.3 Å². The van der Waals surface area contributed by atoms with Gasteiger partial charge in [-0.2, -0.15) is 0 Å². The minimum Gasteiger partial charge on any atom is -0.345 e. The second kappa shape index (κ2) is 5.85. The monoisotopic (exact) mass is 306 g/mol. The zero-order valence-electron chi connectivity index (χ0n) is 12.7. The second-order valence-corrected chi connectivity index (χ2v) is 5.76. The fraction of sp³-hybridized carbons (Fsp3) is 0.222. The first-order chi connectivity index (χ1) is 11.3. The lowest BCUT2D eigenvalue weighted by Gasteiger charge is -2.36. The molecule has 5 nitrogen and oxygen atoms in total. The molecule has 23 heavy (non-hydrogen) atoms. The van der Waals surface area contributed by atoms with Crippen LogP contribution in [0.3, 0.4) is 0 Å². The fourth-order valence-electron chi connectivity index (χ4n) is 3.15. The minimum absolute atomic E-state index is 0.0647. The molecule has 1 amide bonds. The van der Waals surface area contributed by atoms with Crippen LogP contribution in [-0.4, -0.2) is 40.4 Å². The number of H-pyrrole nitrogens is 1. The van der Waals surface area contributed by atoms with Gasteiger partial charge >= 0.3 is 0 Å². The molecule has 0 bridgehead atoms. The van der Waals surface area contributed by atoms with Crippen LogP contribution in [-0.2, 0) is 0 Å². The molecule has 116 valence electrons. The van der Waals surface area contributed by atoms with E-state index in [-0.39, 0.29) is 11.9 Å². The standard InChI is InChI=1S/C18H18N4O/c23-18(14-6-7-15-16(10-14)21-12-20-15)22-9-8-19-11-17(22)13-4-2-1-3-5-13/h1-7,10,12,17,19H,8-9,11H2,(H,20,21)/t17-/m0/s1. The third kappa shape index (κ3) is 2.59. The number of nitrogens with zero attached hydrogens (tertiary/aromatic N) is 2. The summed E-state index contributed by atoms with van der Waals surface area (Å²) in [5.41, 5.74) is 3.63. The Hall–Kier alpha value is -2.66. The number of imidazole rings is 1. The molecule has 1 atom stereocenters. The summed E-state index contributed by atoms with van der Waals surface area (Å²) in [6, 6.07) is 15.9. The summed E-state index contributed by atoms with van der Waals surface area (Å²) in [5.74, 6) is 0.0665. The van der Waals surface area contributed by atoms with Crippen LogP contribution in [0.5, 0.6) is 0 Å². The Morgan fingerprint density at radius 1 is 1.17 bits per heavy atom. The van der Waals surface area contributed by atoms with Crippen molar-refractivity contribution < 1.29 is 4.79 Å². The Morgan fingerprint density at radius 3 is 2.91 bits per heavy atom. The van der Waals surface area contributed by atoms with Crippen LogP contribution in [0.2, 0.25) is 0 Å². The molecule has 0 radical (unpaired) electrons. The third-order valence-electron chi connectivity index (χ3n) is 4.36. The first-order valence-electron chi connectivity index (χ1n) is 7.83. The van der Waals surface area contributed by atoms with Gasteiger partial charge in [0, 0.05) is 25.2 Å². The normalized spacial score (nSPS) is 18.3. The number of aromatic nitrogens is 2. The quantitative estimate of drug-likeness (QED) is 0.764. The molecule has 1 aliphatic rings. The van der Waals surface area contributed by atoms with E-state index < -0.39 is 0 Å². The smallest absolute Gasteiger partial charge is 0.254 e. The van der Waals surface area contributed by atoms with Crippen LogP contribution >= 0.6 is 0 Å². The summed E-state index contributed by atoms with van der Waals surface area (Å²) < 4.78 is 0. The maximum absolute atomic E-state index is 13.0. The molecular formula is C18H18N4O. The van der Waals surface area contributed by atoms with E-state index in [9.17, 15) is 4.79 Å². The van der Waals surface area contributed by atoms with Crippen LogP contribution in [0, 0.1) is 0 Å². The number of piperazine rings is 1. The highest BCUT2D eigenvalue weighted by Crippen LogP contribution is 2.24. The first-order valence-corrected chi connectivity index (χ1v) is 7.83. The van der Waals surface area contributed by atoms with Crippen molar-refractivity contribution in [2.24, 2.45) is 0 Å². The van der Waals surface area contributed by atoms with Gasteiger partial charge in [-0.25, -0.2) is 4.98 Å². The van der Waals surface area contributed by atoms with Crippen molar-refractivity contribution in [3.63, 3.8) is 0 Å². The minimum atomic E-state index is 0.0647. The van der Waals surface area contributed by atoms with Crippen molar-refractivity contribution in [3.8, 4) is 0 Å². The van der Waals surface area contributed by atoms with Crippen LogP contribution in [0.25, 0.3) is 11.0 Å². The molecule has 1 fully saturated rings. The maximum Gasteiger partial charge on any atom is 0.254 e. The second-order valence-electron chi connectivity index (χ2n) is 5.76. The fourth-order valence-corrected chi connectivity index (χ4v) is 3.15. The lowest BCUT2D eigenvalue weighted by Crippen LogP contribution is -2.48. The van der Waals surface area contributed by atoms with E-state index >= 15 is 0 Å². The molecule has 2 aromatic carbocycles. The van der Waals surface area contributed by atoms with Crippen molar-refractivity contribution in [1.29, 1.82) is 0 Å². The number of benzene rings is 2. The van der Waals surface area contributed by atoms with Gasteiger partial charge in [0.15, 0.2) is 0 Å². The number of hydrogen-bond acceptors (Lipinski definition) is 3. The van der Waals surface area contributed by atoms with Crippen LogP contribution in [0.4, 0.5) is 0 Å². The predicted molar refractivity (Wildman–Crippen MR) is 89.2 cm³/mol. The van der Waals surface area contributed by atoms with E-state index in [2.05, 4.69) is 27.4 Å². The largest absolute Gasteiger partial charge is 0.345 e. The predicted octanol–water partition coefficient (Wildman–Crippen LogP) is 2.35. The van der Waals surface area contributed by atoms with Crippen LogP contribution in [0.1, 0.15) is 22.0 Å². The molecule has 1 aliphatic heterocycles. The number of rotatable bonds is 2. The number of carbonyl (C=O) groups is 1. The highest BCUT2D eigenvalue weighted by molar-refractivity contribution is 5.97. The summed E-state index contributed by atoms with van der Waals surface area (Å²) >= 11 is 0. The molecule has 1 saturated heterocycles. The van der Waals surface area contributed by atoms with Gasteiger partial charge in [0.25, 0.3) is 5.91 Å². The Balaban J connectivity index is 1.67. The van der Waals surface area contributed by atoms with Crippen molar-refractivity contribution >= 4 is 16.9 Å². The Morgan fingerprint density at radius 2 is 2.04 bits per heavy atom. The molecule has 2 N–H and O–H groups in total. The van der Waals surface area contributed by atoms with Gasteiger partial charge in [0.2, 0.25) is 0 Å². The van der Waals surface area contributed by atoms with E-state index in [0.29, 0.717) is 12.1 Å². The number of nitrogens with one attached hydrogen (secondary N) is 2. The molecule has 0 unspecified atom stereocenters. The first kappa shape index (κ1) is 14.0. The number of aromatic amines is 1. The number of fused-ring (bicyclic) bond motifs is 1. The zero-order valence-corrected chi connectivity index (χ0v) is 12.7. The molecule has 2 heterocycles. The highest BCUT2D eigenvalue weighted by Gasteiger charge is 2.28. The number of hydrogen-bond donors (Lipinski definition) is 2. The molecular weight excluding hydrogens is 288 g/mol. The van der Waals surface area contributed by atoms with E-state index in [4.69, 9.17) is 0 Å². The Kier molecular flexibility index (Phi) is 3.55. The van der Waals surface area contributed by atoms with Crippen molar-refractivity contribution in [1.82, 2.24) is 20.2 Å². The van der Waals surface area contributed by atoms with Crippen LogP contribution < -0.4 is 5.32 Å². The number of amides is 1. The van der Waals surface area contributed by atoms with Gasteiger partial charge in [-0.05, 0) is 23.8 Å². The summed E-state index contributed by atoms with van der Waals surface area (Å²) in [5, 5.41) is 3.39. The average Bonchev–Trinajstić information content (AvgIpc) is 3.09. The maximum atomic E-state index is 13.0. The van der Waals surface area contributed by atoms with Crippen molar-refractivity contribution in [2.75, 3.05) is 19.6 Å². The molecule has 0 saturated carbocycles. The Labute approximate surface area is 134 Å². The van der Waals surface area contributed by atoms with Gasteiger partial charge in [0.1, 0.15) is 0 Å². The summed E-state index contributed by atoms with van der Waals surface area (Å²) in [6.07, 6.45) is 1.65. The van der Waals surface area contributed by atoms with Gasteiger partial charge in [-0.1, -0.05) is 30.3 Å².